The van der Waals surface area contributed by atoms with Crippen molar-refractivity contribution in [2.75, 3.05) is 0 Å². The van der Waals surface area contributed by atoms with Crippen LogP contribution in [0.25, 0.3) is 0 Å². The minimum atomic E-state index is -6.28. The van der Waals surface area contributed by atoms with Crippen LogP contribution in [-0.2, 0) is 9.59 Å². The molecule has 0 amide bonds. The second-order valence-electron chi connectivity index (χ2n) is 7.26. The summed E-state index contributed by atoms with van der Waals surface area (Å²) < 4.78 is 84.0. The van der Waals surface area contributed by atoms with Gasteiger partial charge in [-0.3, -0.25) is 9.59 Å². The summed E-state index contributed by atoms with van der Waals surface area (Å²) in [7, 11) is 0. The van der Waals surface area contributed by atoms with E-state index in [1.807, 2.05) is 13.8 Å². The maximum atomic E-state index is 14.0. The van der Waals surface area contributed by atoms with Gasteiger partial charge < -0.3 is 0 Å². The second kappa shape index (κ2) is 13.5. The molecule has 0 aliphatic rings. The molecular formula is C21H28Cl2F6O2. The van der Waals surface area contributed by atoms with E-state index in [0.29, 0.717) is 25.7 Å². The zero-order valence-electron chi connectivity index (χ0n) is 17.6. The van der Waals surface area contributed by atoms with E-state index in [1.165, 1.54) is 0 Å². The van der Waals surface area contributed by atoms with Crippen LogP contribution in [0.3, 0.4) is 0 Å². The van der Waals surface area contributed by atoms with Crippen molar-refractivity contribution in [1.82, 2.24) is 0 Å². The van der Waals surface area contributed by atoms with Gasteiger partial charge in [0, 0.05) is 22.2 Å². The Morgan fingerprint density at radius 2 is 0.968 bits per heavy atom. The topological polar surface area (TPSA) is 34.1 Å². The Hall–Kier alpha value is -1.02. The molecule has 0 aromatic rings. The Bertz CT molecular complexity index is 606. The van der Waals surface area contributed by atoms with Gasteiger partial charge in [-0.1, -0.05) is 75.6 Å². The van der Waals surface area contributed by atoms with Crippen LogP contribution in [0, 0.1) is 0 Å². The van der Waals surface area contributed by atoms with Crippen LogP contribution in [0.4, 0.5) is 26.3 Å². The average Bonchev–Trinajstić information content (AvgIpc) is 2.68. The number of rotatable bonds is 16. The number of carbonyl (C=O) groups excluding carboxylic acids is 2. The van der Waals surface area contributed by atoms with Gasteiger partial charge in [0.2, 0.25) is 11.6 Å². The molecule has 0 aromatic heterocycles. The fourth-order valence-corrected chi connectivity index (χ4v) is 3.02. The molecule has 0 saturated heterocycles. The molecule has 31 heavy (non-hydrogen) atoms. The summed E-state index contributed by atoms with van der Waals surface area (Å²) in [5.74, 6) is -23.2. The van der Waals surface area contributed by atoms with Crippen molar-refractivity contribution in [2.24, 2.45) is 0 Å². The summed E-state index contributed by atoms with van der Waals surface area (Å²) in [6.07, 6.45) is 5.46. The summed E-state index contributed by atoms with van der Waals surface area (Å²) in [6.45, 7) is 3.83. The number of hydrogen-bond acceptors (Lipinski definition) is 2. The van der Waals surface area contributed by atoms with Crippen LogP contribution < -0.4 is 0 Å². The van der Waals surface area contributed by atoms with E-state index in [0.717, 1.165) is 25.7 Å². The van der Waals surface area contributed by atoms with Gasteiger partial charge in [0.15, 0.2) is 0 Å². The first-order valence-corrected chi connectivity index (χ1v) is 11.0. The fourth-order valence-electron chi connectivity index (χ4n) is 2.56. The normalized spacial score (nSPS) is 14.1. The molecule has 0 aromatic carbocycles. The Morgan fingerprint density at radius 3 is 1.26 bits per heavy atom. The van der Waals surface area contributed by atoms with Crippen LogP contribution in [0.5, 0.6) is 0 Å². The van der Waals surface area contributed by atoms with Crippen LogP contribution in [0.1, 0.15) is 78.1 Å². The van der Waals surface area contributed by atoms with Gasteiger partial charge in [0.1, 0.15) is 0 Å². The molecule has 10 heteroatoms. The molecule has 0 fully saturated rings. The number of ketones is 2. The maximum Gasteiger partial charge on any atom is 0.387 e. The van der Waals surface area contributed by atoms with Crippen LogP contribution in [0.2, 0.25) is 0 Å². The smallest absolute Gasteiger partial charge is 0.288 e. The Morgan fingerprint density at radius 1 is 0.645 bits per heavy atom. The lowest BCUT2D eigenvalue weighted by Gasteiger charge is -2.29. The minimum absolute atomic E-state index is 0.0124. The molecule has 0 atom stereocenters. The van der Waals surface area contributed by atoms with Gasteiger partial charge in [-0.05, 0) is 25.7 Å². The van der Waals surface area contributed by atoms with Crippen molar-refractivity contribution in [3.63, 3.8) is 0 Å². The van der Waals surface area contributed by atoms with Gasteiger partial charge >= 0.3 is 17.8 Å². The molecular weight excluding hydrogens is 469 g/mol. The number of carbonyl (C=O) groups is 2. The number of halogens is 8. The molecule has 0 heterocycles. The molecule has 2 nitrogen and oxygen atoms in total. The third kappa shape index (κ3) is 8.79. The third-order valence-corrected chi connectivity index (χ3v) is 5.12. The number of hydrogen-bond donors (Lipinski definition) is 0. The highest BCUT2D eigenvalue weighted by Crippen LogP contribution is 2.47. The van der Waals surface area contributed by atoms with E-state index in [4.69, 9.17) is 23.2 Å². The van der Waals surface area contributed by atoms with Crippen molar-refractivity contribution < 1.29 is 35.9 Å². The number of alkyl halides is 6. The fraction of sp³-hybridized carbons (Fsp3) is 0.714. The Labute approximate surface area is 189 Å². The SMILES string of the molecule is CCCCCC/C(Cl)=C/C(=O)C(F)(F)C(F)(F)C(F)(F)C(=O)/C=C(\Cl)CCCCCC. The second-order valence-corrected chi connectivity index (χ2v) is 8.23. The predicted molar refractivity (Wildman–Crippen MR) is 110 cm³/mol. The van der Waals surface area contributed by atoms with Crippen LogP contribution in [0.15, 0.2) is 22.2 Å². The van der Waals surface area contributed by atoms with E-state index in [9.17, 15) is 35.9 Å². The van der Waals surface area contributed by atoms with Gasteiger partial charge in [-0.15, -0.1) is 0 Å². The van der Waals surface area contributed by atoms with E-state index >= 15 is 0 Å². The van der Waals surface area contributed by atoms with Crippen molar-refractivity contribution in [3.8, 4) is 0 Å². The van der Waals surface area contributed by atoms with Gasteiger partial charge in [0.05, 0.1) is 0 Å². The van der Waals surface area contributed by atoms with Crippen molar-refractivity contribution in [1.29, 1.82) is 0 Å². The van der Waals surface area contributed by atoms with Crippen LogP contribution >= 0.6 is 23.2 Å². The van der Waals surface area contributed by atoms with Gasteiger partial charge in [-0.2, -0.15) is 26.3 Å². The molecule has 0 saturated carbocycles. The molecule has 0 radical (unpaired) electrons. The first-order valence-electron chi connectivity index (χ1n) is 10.2. The molecule has 0 rings (SSSR count). The molecule has 0 aliphatic carbocycles. The highest BCUT2D eigenvalue weighted by Gasteiger charge is 2.76. The van der Waals surface area contributed by atoms with Crippen molar-refractivity contribution >= 4 is 34.8 Å². The highest BCUT2D eigenvalue weighted by atomic mass is 35.5. The van der Waals surface area contributed by atoms with E-state index in [1.54, 1.807) is 0 Å². The average molecular weight is 497 g/mol. The lowest BCUT2D eigenvalue weighted by molar-refractivity contribution is -0.282. The zero-order chi connectivity index (χ0) is 24.3. The predicted octanol–water partition coefficient (Wildman–Crippen LogP) is 8.22. The van der Waals surface area contributed by atoms with E-state index in [2.05, 4.69) is 0 Å². The summed E-state index contributed by atoms with van der Waals surface area (Å²) >= 11 is 11.2. The molecule has 0 spiro atoms. The number of unbranched alkanes of at least 4 members (excludes halogenated alkanes) is 6. The lowest BCUT2D eigenvalue weighted by Crippen LogP contribution is -2.60. The number of allylic oxidation sites excluding steroid dienone is 4. The maximum absolute atomic E-state index is 14.0. The molecule has 0 unspecified atom stereocenters. The molecule has 0 bridgehead atoms. The van der Waals surface area contributed by atoms with Gasteiger partial charge in [0.25, 0.3) is 0 Å². The highest BCUT2D eigenvalue weighted by molar-refractivity contribution is 6.31. The van der Waals surface area contributed by atoms with Crippen molar-refractivity contribution in [3.05, 3.63) is 22.2 Å². The quantitative estimate of drug-likeness (QED) is 0.122. The summed E-state index contributed by atoms with van der Waals surface area (Å²) in [5.41, 5.74) is 0. The summed E-state index contributed by atoms with van der Waals surface area (Å²) in [4.78, 5) is 23.3. The zero-order valence-corrected chi connectivity index (χ0v) is 19.1. The molecule has 0 aliphatic heterocycles. The van der Waals surface area contributed by atoms with Crippen molar-refractivity contribution in [2.45, 2.75) is 95.8 Å². The first-order chi connectivity index (χ1) is 14.3. The monoisotopic (exact) mass is 496 g/mol. The summed E-state index contributed by atoms with van der Waals surface area (Å²) in [6, 6.07) is 0. The minimum Gasteiger partial charge on any atom is -0.288 e. The molecule has 180 valence electrons. The summed E-state index contributed by atoms with van der Waals surface area (Å²) in [5, 5.41) is -0.914. The van der Waals surface area contributed by atoms with Gasteiger partial charge in [-0.25, -0.2) is 0 Å². The van der Waals surface area contributed by atoms with Crippen LogP contribution in [-0.4, -0.2) is 29.3 Å². The van der Waals surface area contributed by atoms with E-state index in [-0.39, 0.29) is 25.0 Å². The molecule has 0 N–H and O–H groups in total. The van der Waals surface area contributed by atoms with E-state index < -0.39 is 39.4 Å². The largest absolute Gasteiger partial charge is 0.387 e. The standard InChI is InChI=1S/C21H28Cl2F6O2/c1-3-5-7-9-11-15(22)13-17(30)19(24,25)21(28,29)20(26,27)18(31)14-16(23)12-10-8-6-4-2/h13-14H,3-12H2,1-2H3/b15-13-,16-14-. The lowest BCUT2D eigenvalue weighted by atomic mass is 9.96. The third-order valence-electron chi connectivity index (χ3n) is 4.52. The first kappa shape index (κ1) is 30.0. The Kier molecular flexibility index (Phi) is 13.1. The Balaban J connectivity index is 5.38.